The highest BCUT2D eigenvalue weighted by atomic mass is 16.6. The molecule has 2 bridgehead atoms. The third kappa shape index (κ3) is 8.00. The summed E-state index contributed by atoms with van der Waals surface area (Å²) in [6.07, 6.45) is 9.62. The molecule has 53 heavy (non-hydrogen) atoms. The van der Waals surface area contributed by atoms with Gasteiger partial charge in [0, 0.05) is 63.0 Å². The molecule has 3 aromatic rings. The molecule has 4 aliphatic rings. The topological polar surface area (TPSA) is 178 Å². The van der Waals surface area contributed by atoms with Gasteiger partial charge in [0.15, 0.2) is 29.0 Å². The molecule has 6 N–H and O–H groups in total. The Hall–Kier alpha value is -5.41. The molecule has 2 aliphatic carbocycles. The normalized spacial score (nSPS) is 29.0. The number of nitrogens with two attached hydrogens (primary N) is 1. The van der Waals surface area contributed by atoms with Gasteiger partial charge in [-0.3, -0.25) is 14.8 Å². The predicted octanol–water partition coefficient (Wildman–Crippen LogP) is 4.71. The van der Waals surface area contributed by atoms with Crippen LogP contribution in [0.25, 0.3) is 0 Å². The number of benzene rings is 2. The van der Waals surface area contributed by atoms with Crippen molar-refractivity contribution < 1.29 is 39.1 Å². The molecule has 7 rings (SSSR count). The molecule has 12 heteroatoms. The average molecular weight is 723 g/mol. The minimum Gasteiger partial charge on any atom is -0.504 e. The number of ether oxygens (including phenoxy) is 4. The number of aliphatic imine (C=N–C) groups is 1. The number of aromatic nitrogens is 1. The summed E-state index contributed by atoms with van der Waals surface area (Å²) in [7, 11) is 1.64. The highest BCUT2D eigenvalue weighted by Crippen LogP contribution is 2.48. The number of guanidine groups is 1. The number of aromatic hydroxyl groups is 3. The van der Waals surface area contributed by atoms with E-state index in [4.69, 9.17) is 24.7 Å². The van der Waals surface area contributed by atoms with Crippen LogP contribution in [0.4, 0.5) is 0 Å². The monoisotopic (exact) mass is 722 g/mol. The van der Waals surface area contributed by atoms with Crippen molar-refractivity contribution in [2.75, 3.05) is 13.7 Å². The minimum absolute atomic E-state index is 0.0527. The Bertz CT molecular complexity index is 1920. The number of carbonyl (C=O) groups is 1. The number of nitrogens with one attached hydrogen (secondary N) is 1. The molecule has 1 saturated heterocycles. The van der Waals surface area contributed by atoms with E-state index >= 15 is 0 Å². The van der Waals surface area contributed by atoms with Crippen LogP contribution in [0.5, 0.6) is 28.7 Å². The van der Waals surface area contributed by atoms with E-state index in [1.54, 1.807) is 31.6 Å². The Morgan fingerprint density at radius 2 is 1.98 bits per heavy atom. The first-order valence-electron chi connectivity index (χ1n) is 18.2. The number of hydrogen-bond acceptors (Lipinski definition) is 10. The van der Waals surface area contributed by atoms with Crippen molar-refractivity contribution in [3.8, 4) is 40.6 Å². The van der Waals surface area contributed by atoms with E-state index in [9.17, 15) is 20.1 Å². The molecule has 2 aliphatic heterocycles. The second-order valence-corrected chi connectivity index (χ2v) is 14.2. The van der Waals surface area contributed by atoms with Crippen LogP contribution < -0.4 is 20.5 Å². The summed E-state index contributed by atoms with van der Waals surface area (Å²) in [5.41, 5.74) is 8.61. The van der Waals surface area contributed by atoms with Gasteiger partial charge >= 0.3 is 5.97 Å². The summed E-state index contributed by atoms with van der Waals surface area (Å²) in [4.78, 5) is 20.7. The summed E-state index contributed by atoms with van der Waals surface area (Å²) >= 11 is 0. The minimum atomic E-state index is -0.614. The summed E-state index contributed by atoms with van der Waals surface area (Å²) < 4.78 is 25.4. The van der Waals surface area contributed by atoms with Gasteiger partial charge in [-0.1, -0.05) is 36.1 Å². The number of hydrogen-bond donors (Lipinski definition) is 5. The number of fused-ring (bicyclic) bond motifs is 6. The fourth-order valence-electron chi connectivity index (χ4n) is 8.12. The molecular formula is C41H46N4O8. The largest absolute Gasteiger partial charge is 0.504 e. The lowest BCUT2D eigenvalue weighted by atomic mass is 9.69. The lowest BCUT2D eigenvalue weighted by Crippen LogP contribution is -2.51. The van der Waals surface area contributed by atoms with E-state index in [-0.39, 0.29) is 65.4 Å². The van der Waals surface area contributed by atoms with E-state index in [0.29, 0.717) is 36.5 Å². The Balaban J connectivity index is 1.23. The quantitative estimate of drug-likeness (QED) is 0.0570. The Labute approximate surface area is 309 Å². The molecular weight excluding hydrogens is 676 g/mol. The number of rotatable bonds is 7. The zero-order valence-corrected chi connectivity index (χ0v) is 29.9. The molecule has 0 amide bonds. The van der Waals surface area contributed by atoms with Crippen molar-refractivity contribution in [1.82, 2.24) is 10.3 Å². The third-order valence-electron chi connectivity index (χ3n) is 10.7. The van der Waals surface area contributed by atoms with Crippen molar-refractivity contribution in [1.29, 1.82) is 0 Å². The van der Waals surface area contributed by atoms with Gasteiger partial charge < -0.3 is 45.3 Å². The Morgan fingerprint density at radius 1 is 1.11 bits per heavy atom. The van der Waals surface area contributed by atoms with Crippen LogP contribution in [-0.2, 0) is 27.1 Å². The van der Waals surface area contributed by atoms with Crippen LogP contribution in [0.3, 0.4) is 0 Å². The summed E-state index contributed by atoms with van der Waals surface area (Å²) in [5, 5.41) is 35.8. The fourth-order valence-corrected chi connectivity index (χ4v) is 8.12. The Kier molecular flexibility index (Phi) is 10.6. The molecule has 1 aromatic heterocycles. The first kappa shape index (κ1) is 36.0. The maximum atomic E-state index is 12.5. The molecule has 12 nitrogen and oxygen atoms in total. The second kappa shape index (κ2) is 15.7. The number of carbonyl (C=O) groups excluding carboxylic acids is 1. The van der Waals surface area contributed by atoms with Crippen LogP contribution in [0.15, 0.2) is 72.0 Å². The average Bonchev–Trinajstić information content (AvgIpc) is 3.17. The zero-order valence-electron chi connectivity index (χ0n) is 29.9. The molecule has 1 saturated carbocycles. The first-order chi connectivity index (χ1) is 25.7. The van der Waals surface area contributed by atoms with E-state index in [2.05, 4.69) is 39.3 Å². The second-order valence-electron chi connectivity index (χ2n) is 14.2. The number of phenolic OH excluding ortho intramolecular Hbond substituents is 3. The van der Waals surface area contributed by atoms with Crippen LogP contribution in [-0.4, -0.2) is 70.2 Å². The molecule has 0 radical (unpaired) electrons. The van der Waals surface area contributed by atoms with Crippen molar-refractivity contribution >= 4 is 11.9 Å². The van der Waals surface area contributed by atoms with E-state index in [1.807, 2.05) is 24.3 Å². The maximum Gasteiger partial charge on any atom is 0.302 e. The molecule has 3 heterocycles. The van der Waals surface area contributed by atoms with Crippen LogP contribution >= 0.6 is 0 Å². The zero-order chi connectivity index (χ0) is 37.1. The number of esters is 1. The molecule has 2 fully saturated rings. The first-order valence-corrected chi connectivity index (χ1v) is 18.2. The van der Waals surface area contributed by atoms with E-state index in [0.717, 1.165) is 30.4 Å². The van der Waals surface area contributed by atoms with Crippen molar-refractivity contribution in [2.45, 2.75) is 75.9 Å². The summed E-state index contributed by atoms with van der Waals surface area (Å²) in [6.45, 7) is 1.64. The standard InChI is InChI=1S/C41H46N4O8/c1-23(46)51-36-21-35(27-19-33(48)39(49)38(20-27)50-16-14-24-5-4-15-44-22-24)53-40-29(36)12-10-26-9-11-28-31(45-41(42)43-2)6-3-7-34(28)52-37-18-25(17-30(26)40)8-13-32(37)47/h4-5,8,10,12-13,15,18-20,22,26,28-31,34-36,40,47-49H,3,6-7,14,16-17,21H2,1-2H3,(H3,42,43,45)/t26-,28-,29+,30+,31+,34+,35+,36-,40+/m1/s1. The van der Waals surface area contributed by atoms with Crippen LogP contribution in [0, 0.1) is 35.5 Å². The SMILES string of the molecule is CN=C(N)N[C@H]1CCC[C@@H]2Oc3cc(ccc3O)C[C@@H]3[C@H]4O[C@H](c5cc(O)c(O)c(OCCc6cccnc6)c5)C[C@@H](OC(C)=O)[C@@H]4C=C[C@H]3C#C[C@H]12. The fraction of sp³-hybridized carbons (Fsp3) is 0.439. The molecule has 2 aromatic carbocycles. The van der Waals surface area contributed by atoms with Gasteiger partial charge in [0.2, 0.25) is 5.75 Å². The van der Waals surface area contributed by atoms with Crippen LogP contribution in [0.2, 0.25) is 0 Å². The lowest BCUT2D eigenvalue weighted by molar-refractivity contribution is -0.179. The lowest BCUT2D eigenvalue weighted by Gasteiger charge is -2.47. The van der Waals surface area contributed by atoms with Gasteiger partial charge in [-0.15, -0.1) is 0 Å². The molecule has 0 unspecified atom stereocenters. The highest BCUT2D eigenvalue weighted by molar-refractivity contribution is 5.78. The summed E-state index contributed by atoms with van der Waals surface area (Å²) in [5.74, 6) is 5.99. The number of nitrogens with zero attached hydrogens (tertiary/aromatic N) is 2. The summed E-state index contributed by atoms with van der Waals surface area (Å²) in [6, 6.07) is 12.2. The van der Waals surface area contributed by atoms with Crippen molar-refractivity contribution in [3.05, 3.63) is 83.7 Å². The maximum absolute atomic E-state index is 12.5. The molecule has 278 valence electrons. The van der Waals surface area contributed by atoms with E-state index < -0.39 is 24.3 Å². The number of allylic oxidation sites excluding steroid dienone is 1. The smallest absolute Gasteiger partial charge is 0.302 e. The van der Waals surface area contributed by atoms with Crippen LogP contribution in [0.1, 0.15) is 55.4 Å². The van der Waals surface area contributed by atoms with Gasteiger partial charge in [0.25, 0.3) is 0 Å². The van der Waals surface area contributed by atoms with Gasteiger partial charge in [-0.25, -0.2) is 0 Å². The molecule has 0 spiro atoms. The van der Waals surface area contributed by atoms with Gasteiger partial charge in [0.05, 0.1) is 24.7 Å². The third-order valence-corrected chi connectivity index (χ3v) is 10.7. The van der Waals surface area contributed by atoms with Gasteiger partial charge in [0.1, 0.15) is 12.2 Å². The predicted molar refractivity (Wildman–Crippen MR) is 196 cm³/mol. The van der Waals surface area contributed by atoms with Gasteiger partial charge in [-0.2, -0.15) is 0 Å². The molecule has 9 atom stereocenters. The Morgan fingerprint density at radius 3 is 2.77 bits per heavy atom. The highest BCUT2D eigenvalue weighted by Gasteiger charge is 2.47. The number of phenols is 3. The van der Waals surface area contributed by atoms with Gasteiger partial charge in [-0.05, 0) is 72.7 Å². The van der Waals surface area contributed by atoms with Crippen molar-refractivity contribution in [2.24, 2.45) is 34.4 Å². The van der Waals surface area contributed by atoms with Crippen molar-refractivity contribution in [3.63, 3.8) is 0 Å². The van der Waals surface area contributed by atoms with E-state index in [1.165, 1.54) is 13.0 Å². The number of pyridine rings is 1.